The maximum atomic E-state index is 10.6. The van der Waals surface area contributed by atoms with Crippen LogP contribution in [-0.4, -0.2) is 11.8 Å². The van der Waals surface area contributed by atoms with E-state index in [0.717, 1.165) is 5.56 Å². The molecule has 0 radical (unpaired) electrons. The molecule has 0 aliphatic rings. The average molecular weight is 233 g/mol. The molecule has 76 valence electrons. The number of esters is 1. The Morgan fingerprint density at radius 3 is 2.43 bits per heavy atom. The van der Waals surface area contributed by atoms with Crippen LogP contribution in [0.25, 0.3) is 0 Å². The fourth-order valence-corrected chi connectivity index (χ4v) is 1.32. The lowest BCUT2D eigenvalue weighted by Gasteiger charge is -2.06. The van der Waals surface area contributed by atoms with Gasteiger partial charge in [-0.3, -0.25) is 4.79 Å². The van der Waals surface area contributed by atoms with Crippen LogP contribution in [0.15, 0.2) is 24.3 Å². The van der Waals surface area contributed by atoms with Gasteiger partial charge < -0.3 is 4.74 Å². The zero-order valence-electron chi connectivity index (χ0n) is 7.67. The highest BCUT2D eigenvalue weighted by Crippen LogP contribution is 2.23. The Morgan fingerprint density at radius 2 is 2.00 bits per heavy atom. The minimum absolute atomic E-state index is 0.206. The molecule has 0 saturated carbocycles. The lowest BCUT2D eigenvalue weighted by Crippen LogP contribution is -2.01. The van der Waals surface area contributed by atoms with Crippen LogP contribution in [0.4, 0.5) is 0 Å². The molecule has 0 aromatic heterocycles. The van der Waals surface area contributed by atoms with Gasteiger partial charge in [-0.1, -0.05) is 12.1 Å². The molecule has 0 amide bonds. The minimum Gasteiger partial charge on any atom is -0.427 e. The second kappa shape index (κ2) is 5.23. The van der Waals surface area contributed by atoms with Crippen LogP contribution in [0.3, 0.4) is 0 Å². The van der Waals surface area contributed by atoms with Crippen molar-refractivity contribution in [2.75, 3.05) is 5.88 Å². The number of rotatable bonds is 3. The van der Waals surface area contributed by atoms with Crippen molar-refractivity contribution < 1.29 is 9.53 Å². The predicted octanol–water partition coefficient (Wildman–Crippen LogP) is 3.13. The van der Waals surface area contributed by atoms with E-state index in [9.17, 15) is 4.79 Å². The normalized spacial score (nSPS) is 12.2. The average Bonchev–Trinajstić information content (AvgIpc) is 2.17. The molecule has 0 fully saturated rings. The predicted molar refractivity (Wildman–Crippen MR) is 57.1 cm³/mol. The minimum atomic E-state index is -0.336. The van der Waals surface area contributed by atoms with Gasteiger partial charge in [-0.15, -0.1) is 23.2 Å². The summed E-state index contributed by atoms with van der Waals surface area (Å²) in [6.07, 6.45) is 0. The first-order chi connectivity index (χ1) is 6.63. The molecule has 0 aliphatic heterocycles. The van der Waals surface area contributed by atoms with Gasteiger partial charge in [0.1, 0.15) is 5.75 Å². The van der Waals surface area contributed by atoms with E-state index < -0.39 is 0 Å². The molecule has 0 bridgehead atoms. The third-order valence-electron chi connectivity index (χ3n) is 1.64. The maximum Gasteiger partial charge on any atom is 0.308 e. The Morgan fingerprint density at radius 1 is 1.43 bits per heavy atom. The monoisotopic (exact) mass is 232 g/mol. The van der Waals surface area contributed by atoms with Crippen LogP contribution in [0.5, 0.6) is 5.75 Å². The highest BCUT2D eigenvalue weighted by molar-refractivity contribution is 6.28. The van der Waals surface area contributed by atoms with Gasteiger partial charge in [-0.05, 0) is 17.7 Å². The van der Waals surface area contributed by atoms with Gasteiger partial charge in [0.15, 0.2) is 0 Å². The van der Waals surface area contributed by atoms with Crippen molar-refractivity contribution in [3.05, 3.63) is 29.8 Å². The SMILES string of the molecule is CC(=O)Oc1ccc(C(Cl)CCl)cc1. The van der Waals surface area contributed by atoms with E-state index in [2.05, 4.69) is 0 Å². The van der Waals surface area contributed by atoms with Crippen LogP contribution < -0.4 is 4.74 Å². The Kier molecular flexibility index (Phi) is 4.23. The number of carbonyl (C=O) groups excluding carboxylic acids is 1. The highest BCUT2D eigenvalue weighted by atomic mass is 35.5. The number of carbonyl (C=O) groups is 1. The van der Waals surface area contributed by atoms with Crippen molar-refractivity contribution in [2.24, 2.45) is 0 Å². The number of ether oxygens (including phenoxy) is 1. The zero-order valence-corrected chi connectivity index (χ0v) is 9.18. The van der Waals surface area contributed by atoms with Gasteiger partial charge in [0.2, 0.25) is 0 Å². The van der Waals surface area contributed by atoms with Gasteiger partial charge in [-0.25, -0.2) is 0 Å². The van der Waals surface area contributed by atoms with Crippen molar-refractivity contribution in [3.63, 3.8) is 0 Å². The van der Waals surface area contributed by atoms with Gasteiger partial charge in [-0.2, -0.15) is 0 Å². The zero-order chi connectivity index (χ0) is 10.6. The van der Waals surface area contributed by atoms with E-state index in [4.69, 9.17) is 27.9 Å². The molecule has 1 aromatic carbocycles. The molecule has 0 heterocycles. The van der Waals surface area contributed by atoms with E-state index in [1.165, 1.54) is 6.92 Å². The summed E-state index contributed by atoms with van der Waals surface area (Å²) in [6, 6.07) is 6.97. The largest absolute Gasteiger partial charge is 0.427 e. The summed E-state index contributed by atoms with van der Waals surface area (Å²) in [5.74, 6) is 0.534. The summed E-state index contributed by atoms with van der Waals surface area (Å²) in [6.45, 7) is 1.36. The number of hydrogen-bond donors (Lipinski definition) is 0. The molecular weight excluding hydrogens is 223 g/mol. The molecule has 0 saturated heterocycles. The number of halogens is 2. The van der Waals surface area contributed by atoms with Gasteiger partial charge >= 0.3 is 5.97 Å². The van der Waals surface area contributed by atoms with Gasteiger partial charge in [0.05, 0.1) is 5.38 Å². The van der Waals surface area contributed by atoms with E-state index >= 15 is 0 Å². The smallest absolute Gasteiger partial charge is 0.308 e. The molecular formula is C10H10Cl2O2. The fourth-order valence-electron chi connectivity index (χ4n) is 1.000. The molecule has 4 heteroatoms. The van der Waals surface area contributed by atoms with Crippen LogP contribution >= 0.6 is 23.2 Å². The first kappa shape index (κ1) is 11.3. The summed E-state index contributed by atoms with van der Waals surface area (Å²) in [7, 11) is 0. The molecule has 14 heavy (non-hydrogen) atoms. The number of benzene rings is 1. The number of hydrogen-bond acceptors (Lipinski definition) is 2. The van der Waals surface area contributed by atoms with Crippen molar-refractivity contribution in [3.8, 4) is 5.75 Å². The van der Waals surface area contributed by atoms with Crippen molar-refractivity contribution in [1.29, 1.82) is 0 Å². The summed E-state index contributed by atoms with van der Waals surface area (Å²) < 4.78 is 4.87. The first-order valence-electron chi connectivity index (χ1n) is 4.12. The van der Waals surface area contributed by atoms with Gasteiger partial charge in [0, 0.05) is 12.8 Å². The van der Waals surface area contributed by atoms with E-state index in [1.54, 1.807) is 24.3 Å². The Bertz CT molecular complexity index is 308. The van der Waals surface area contributed by atoms with E-state index in [0.29, 0.717) is 11.6 Å². The van der Waals surface area contributed by atoms with Crippen LogP contribution in [-0.2, 0) is 4.79 Å². The summed E-state index contributed by atoms with van der Waals surface area (Å²) in [5, 5.41) is -0.206. The Hall–Kier alpha value is -0.730. The second-order valence-electron chi connectivity index (χ2n) is 2.78. The third-order valence-corrected chi connectivity index (χ3v) is 2.51. The molecule has 0 spiro atoms. The molecule has 1 atom stereocenters. The van der Waals surface area contributed by atoms with Crippen molar-refractivity contribution in [1.82, 2.24) is 0 Å². The Labute approximate surface area is 92.8 Å². The summed E-state index contributed by atoms with van der Waals surface area (Å²) in [5.41, 5.74) is 0.914. The van der Waals surface area contributed by atoms with Crippen molar-refractivity contribution in [2.45, 2.75) is 12.3 Å². The third kappa shape index (κ3) is 3.20. The molecule has 0 aliphatic carbocycles. The molecule has 2 nitrogen and oxygen atoms in total. The highest BCUT2D eigenvalue weighted by Gasteiger charge is 2.06. The molecule has 1 rings (SSSR count). The van der Waals surface area contributed by atoms with Crippen LogP contribution in [0.1, 0.15) is 17.9 Å². The van der Waals surface area contributed by atoms with Crippen LogP contribution in [0, 0.1) is 0 Å². The standard InChI is InChI=1S/C10H10Cl2O2/c1-7(13)14-9-4-2-8(3-5-9)10(12)6-11/h2-5,10H,6H2,1H3. The molecule has 1 aromatic rings. The molecule has 1 unspecified atom stereocenters. The lowest BCUT2D eigenvalue weighted by molar-refractivity contribution is -0.131. The quantitative estimate of drug-likeness (QED) is 0.455. The summed E-state index contributed by atoms with van der Waals surface area (Å²) >= 11 is 11.5. The number of alkyl halides is 2. The topological polar surface area (TPSA) is 26.3 Å². The van der Waals surface area contributed by atoms with E-state index in [1.807, 2.05) is 0 Å². The fraction of sp³-hybridized carbons (Fsp3) is 0.300. The van der Waals surface area contributed by atoms with Gasteiger partial charge in [0.25, 0.3) is 0 Å². The lowest BCUT2D eigenvalue weighted by atomic mass is 10.1. The Balaban J connectivity index is 2.73. The van der Waals surface area contributed by atoms with Crippen molar-refractivity contribution >= 4 is 29.2 Å². The second-order valence-corrected chi connectivity index (χ2v) is 3.62. The molecule has 0 N–H and O–H groups in total. The first-order valence-corrected chi connectivity index (χ1v) is 5.09. The maximum absolute atomic E-state index is 10.6. The van der Waals surface area contributed by atoms with E-state index in [-0.39, 0.29) is 11.3 Å². The summed E-state index contributed by atoms with van der Waals surface area (Å²) in [4.78, 5) is 10.6. The van der Waals surface area contributed by atoms with Crippen LogP contribution in [0.2, 0.25) is 0 Å².